The van der Waals surface area contributed by atoms with Gasteiger partial charge in [0.2, 0.25) is 5.28 Å². The molecule has 2 aromatic rings. The first-order valence-corrected chi connectivity index (χ1v) is 6.87. The number of hydrogen-bond donors (Lipinski definition) is 1. The molecule has 1 saturated heterocycles. The Bertz CT molecular complexity index is 779. The molecule has 0 saturated carbocycles. The van der Waals surface area contributed by atoms with Crippen LogP contribution in [0.5, 0.6) is 0 Å². The van der Waals surface area contributed by atoms with Crippen LogP contribution in [0.1, 0.15) is 26.0 Å². The van der Waals surface area contributed by atoms with Crippen LogP contribution in [0.15, 0.2) is 12.3 Å². The Morgan fingerprint density at radius 1 is 1.67 bits per heavy atom. The van der Waals surface area contributed by atoms with Crippen molar-refractivity contribution < 1.29 is 9.53 Å². The highest BCUT2D eigenvalue weighted by Crippen LogP contribution is 2.37. The number of aromatic nitrogens is 3. The molecule has 2 aromatic heterocycles. The van der Waals surface area contributed by atoms with Gasteiger partial charge in [-0.05, 0) is 24.1 Å². The average Bonchev–Trinajstić information content (AvgIpc) is 3.00. The van der Waals surface area contributed by atoms with Crippen LogP contribution < -0.4 is 5.73 Å². The number of carbonyl (C=O) groups is 1. The molecule has 0 amide bonds. The van der Waals surface area contributed by atoms with Gasteiger partial charge >= 0.3 is 0 Å². The fourth-order valence-electron chi connectivity index (χ4n) is 2.58. The smallest absolute Gasteiger partial charge is 0.226 e. The molecule has 6 nitrogen and oxygen atoms in total. The first-order valence-electron chi connectivity index (χ1n) is 6.49. The summed E-state index contributed by atoms with van der Waals surface area (Å²) in [6.45, 7) is 1.82. The van der Waals surface area contributed by atoms with Crippen LogP contribution >= 0.6 is 11.6 Å². The van der Waals surface area contributed by atoms with Crippen molar-refractivity contribution in [2.45, 2.75) is 31.6 Å². The number of nitrogen functional groups attached to an aromatic ring is 1. The van der Waals surface area contributed by atoms with Crippen molar-refractivity contribution in [3.63, 3.8) is 0 Å². The van der Waals surface area contributed by atoms with Crippen LogP contribution in [0.3, 0.4) is 0 Å². The van der Waals surface area contributed by atoms with Crippen LogP contribution in [0.4, 0.5) is 5.82 Å². The number of Topliss-reactive ketones (excluding diaryl/α,β-unsaturated/α-hetero) is 1. The molecule has 21 heavy (non-hydrogen) atoms. The maximum atomic E-state index is 12.2. The lowest BCUT2D eigenvalue weighted by molar-refractivity contribution is -0.128. The highest BCUT2D eigenvalue weighted by Gasteiger charge is 2.46. The van der Waals surface area contributed by atoms with Gasteiger partial charge in [0.15, 0.2) is 11.4 Å². The maximum absolute atomic E-state index is 12.2. The normalized spacial score (nSPS) is 25.4. The summed E-state index contributed by atoms with van der Waals surface area (Å²) >= 11 is 5.84. The van der Waals surface area contributed by atoms with E-state index in [1.54, 1.807) is 16.8 Å². The molecule has 0 bridgehead atoms. The lowest BCUT2D eigenvalue weighted by atomic mass is 9.97. The first-order chi connectivity index (χ1) is 10.0. The van der Waals surface area contributed by atoms with Crippen molar-refractivity contribution in [1.29, 1.82) is 0 Å². The maximum Gasteiger partial charge on any atom is 0.226 e. The quantitative estimate of drug-likeness (QED) is 0.677. The largest absolute Gasteiger partial charge is 0.383 e. The number of halogens is 1. The molecule has 1 aliphatic heterocycles. The number of ketones is 1. The van der Waals surface area contributed by atoms with Crippen molar-refractivity contribution in [1.82, 2.24) is 14.5 Å². The average molecular weight is 305 g/mol. The predicted octanol–water partition coefficient (Wildman–Crippen LogP) is 1.94. The number of rotatable bonds is 2. The highest BCUT2D eigenvalue weighted by molar-refractivity contribution is 6.28. The molecule has 0 aromatic carbocycles. The minimum absolute atomic E-state index is 0.0444. The van der Waals surface area contributed by atoms with Gasteiger partial charge in [-0.1, -0.05) is 12.8 Å². The van der Waals surface area contributed by atoms with Crippen molar-refractivity contribution in [3.8, 4) is 12.3 Å². The summed E-state index contributed by atoms with van der Waals surface area (Å²) in [7, 11) is 0. The Morgan fingerprint density at radius 3 is 3.05 bits per heavy atom. The number of nitrogens with zero attached hydrogens (tertiary/aromatic N) is 3. The van der Waals surface area contributed by atoms with Crippen LogP contribution in [-0.4, -0.2) is 25.9 Å². The monoisotopic (exact) mass is 304 g/mol. The number of nitrogens with two attached hydrogens (primary N) is 1. The molecule has 3 rings (SSSR count). The SMILES string of the molecule is C#C[C@]1(CC)O[C@@H](n2ccc3c(N)nc(Cl)nc32)CC1=O. The minimum Gasteiger partial charge on any atom is -0.383 e. The summed E-state index contributed by atoms with van der Waals surface area (Å²) in [4.78, 5) is 20.2. The molecule has 1 aliphatic rings. The van der Waals surface area contributed by atoms with Crippen LogP contribution in [-0.2, 0) is 9.53 Å². The molecule has 7 heteroatoms. The second-order valence-corrected chi connectivity index (χ2v) is 5.20. The third-order valence-electron chi connectivity index (χ3n) is 3.76. The molecule has 2 atom stereocenters. The number of hydrogen-bond acceptors (Lipinski definition) is 5. The fraction of sp³-hybridized carbons (Fsp3) is 0.357. The van der Waals surface area contributed by atoms with Gasteiger partial charge in [0.25, 0.3) is 0 Å². The van der Waals surface area contributed by atoms with Crippen molar-refractivity contribution in [3.05, 3.63) is 17.5 Å². The number of fused-ring (bicyclic) bond motifs is 1. The van der Waals surface area contributed by atoms with Gasteiger partial charge in [-0.15, -0.1) is 6.42 Å². The lowest BCUT2D eigenvalue weighted by Gasteiger charge is -2.21. The standard InChI is InChI=1S/C14H13ClN4O2/c1-3-14(4-2)9(20)7-10(21-14)19-6-5-8-11(16)17-13(15)18-12(8)19/h1,5-6,10H,4,7H2,2H3,(H2,16,17,18)/t10-,14-/m1/s1. The van der Waals surface area contributed by atoms with E-state index >= 15 is 0 Å². The summed E-state index contributed by atoms with van der Waals surface area (Å²) in [5, 5.41) is 0.702. The Labute approximate surface area is 126 Å². The minimum atomic E-state index is -1.16. The third kappa shape index (κ3) is 1.97. The molecular formula is C14H13ClN4O2. The Kier molecular flexibility index (Phi) is 3.12. The summed E-state index contributed by atoms with van der Waals surface area (Å²) < 4.78 is 7.54. The van der Waals surface area contributed by atoms with Gasteiger partial charge < -0.3 is 15.0 Å². The van der Waals surface area contributed by atoms with Gasteiger partial charge in [0.05, 0.1) is 11.8 Å². The number of terminal acetylenes is 1. The zero-order valence-corrected chi connectivity index (χ0v) is 12.1. The van der Waals surface area contributed by atoms with Gasteiger partial charge in [0, 0.05) is 6.20 Å². The molecule has 3 heterocycles. The van der Waals surface area contributed by atoms with E-state index in [4.69, 9.17) is 28.5 Å². The van der Waals surface area contributed by atoms with E-state index in [1.807, 2.05) is 6.92 Å². The highest BCUT2D eigenvalue weighted by atomic mass is 35.5. The summed E-state index contributed by atoms with van der Waals surface area (Å²) in [6, 6.07) is 1.76. The van der Waals surface area contributed by atoms with E-state index in [2.05, 4.69) is 15.9 Å². The lowest BCUT2D eigenvalue weighted by Crippen LogP contribution is -2.33. The van der Waals surface area contributed by atoms with Crippen LogP contribution in [0.25, 0.3) is 11.0 Å². The number of carbonyl (C=O) groups excluding carboxylic acids is 1. The predicted molar refractivity (Wildman–Crippen MR) is 78.6 cm³/mol. The number of ether oxygens (including phenoxy) is 1. The van der Waals surface area contributed by atoms with Gasteiger partial charge in [-0.25, -0.2) is 4.98 Å². The van der Waals surface area contributed by atoms with E-state index in [9.17, 15) is 4.79 Å². The van der Waals surface area contributed by atoms with E-state index in [0.717, 1.165) is 0 Å². The molecule has 1 fully saturated rings. The molecule has 2 N–H and O–H groups in total. The van der Waals surface area contributed by atoms with E-state index in [1.165, 1.54) is 0 Å². The van der Waals surface area contributed by atoms with Crippen LogP contribution in [0.2, 0.25) is 5.28 Å². The fourth-order valence-corrected chi connectivity index (χ4v) is 2.75. The molecule has 0 radical (unpaired) electrons. The van der Waals surface area contributed by atoms with E-state index in [-0.39, 0.29) is 23.3 Å². The molecule has 0 spiro atoms. The van der Waals surface area contributed by atoms with Crippen LogP contribution in [0, 0.1) is 12.3 Å². The zero-order valence-electron chi connectivity index (χ0n) is 11.3. The second-order valence-electron chi connectivity index (χ2n) is 4.86. The summed E-state index contributed by atoms with van der Waals surface area (Å²) in [5.41, 5.74) is 5.17. The molecule has 0 unspecified atom stereocenters. The molecule has 0 aliphatic carbocycles. The third-order valence-corrected chi connectivity index (χ3v) is 3.93. The topological polar surface area (TPSA) is 83.0 Å². The molecular weight excluding hydrogens is 292 g/mol. The van der Waals surface area contributed by atoms with E-state index in [0.29, 0.717) is 17.5 Å². The van der Waals surface area contributed by atoms with Gasteiger partial charge in [0.1, 0.15) is 17.7 Å². The van der Waals surface area contributed by atoms with Gasteiger partial charge in [-0.2, -0.15) is 4.98 Å². The number of anilines is 1. The summed E-state index contributed by atoms with van der Waals surface area (Å²) in [6.07, 6.45) is 7.31. The van der Waals surface area contributed by atoms with E-state index < -0.39 is 11.8 Å². The second kappa shape index (κ2) is 4.72. The van der Waals surface area contributed by atoms with Gasteiger partial charge in [-0.3, -0.25) is 4.79 Å². The Morgan fingerprint density at radius 2 is 2.43 bits per heavy atom. The summed E-state index contributed by atoms with van der Waals surface area (Å²) in [5.74, 6) is 2.65. The van der Waals surface area contributed by atoms with Crippen molar-refractivity contribution >= 4 is 34.2 Å². The van der Waals surface area contributed by atoms with Crippen molar-refractivity contribution in [2.24, 2.45) is 0 Å². The van der Waals surface area contributed by atoms with Crippen molar-refractivity contribution in [2.75, 3.05) is 5.73 Å². The first kappa shape index (κ1) is 13.9. The zero-order chi connectivity index (χ0) is 15.2. The Balaban J connectivity index is 2.07. The Hall–Kier alpha value is -2.10. The molecule has 108 valence electrons.